The summed E-state index contributed by atoms with van der Waals surface area (Å²) in [5, 5.41) is 10.9. The summed E-state index contributed by atoms with van der Waals surface area (Å²) in [4.78, 5) is 22.2. The first-order valence-electron chi connectivity index (χ1n) is 6.75. The molecule has 2 unspecified atom stereocenters. The molecule has 0 aromatic heterocycles. The van der Waals surface area contributed by atoms with Crippen LogP contribution in [0.3, 0.4) is 0 Å². The maximum Gasteiger partial charge on any atom is 0.272 e. The number of carbonyl (C=O) groups excluding carboxylic acids is 1. The van der Waals surface area contributed by atoms with E-state index >= 15 is 0 Å². The summed E-state index contributed by atoms with van der Waals surface area (Å²) in [6, 6.07) is 3.21. The number of benzene rings is 1. The topological polar surface area (TPSA) is 69.4 Å². The lowest BCUT2D eigenvalue weighted by Crippen LogP contribution is -2.54. The molecule has 1 aromatic rings. The lowest BCUT2D eigenvalue weighted by atomic mass is 9.64. The molecular formula is C15H19NO4. The molecule has 0 aliphatic heterocycles. The molecule has 0 N–H and O–H groups in total. The van der Waals surface area contributed by atoms with Gasteiger partial charge in [-0.15, -0.1) is 0 Å². The molecule has 1 aliphatic carbocycles. The van der Waals surface area contributed by atoms with E-state index in [0.29, 0.717) is 17.7 Å². The second-order valence-electron chi connectivity index (χ2n) is 5.67. The van der Waals surface area contributed by atoms with Crippen LogP contribution in [0.5, 0.6) is 5.75 Å². The smallest absolute Gasteiger partial charge is 0.272 e. The minimum Gasteiger partial charge on any atom is -0.489 e. The van der Waals surface area contributed by atoms with E-state index in [-0.39, 0.29) is 17.6 Å². The van der Waals surface area contributed by atoms with Crippen molar-refractivity contribution in [2.45, 2.75) is 46.6 Å². The third kappa shape index (κ3) is 2.17. The fraction of sp³-hybridized carbons (Fsp3) is 0.533. The number of hydrogen-bond acceptors (Lipinski definition) is 4. The minimum atomic E-state index is -0.428. The highest BCUT2D eigenvalue weighted by Crippen LogP contribution is 2.43. The molecular weight excluding hydrogens is 258 g/mol. The Kier molecular flexibility index (Phi) is 3.54. The Morgan fingerprint density at radius 2 is 2.05 bits per heavy atom. The van der Waals surface area contributed by atoms with Crippen molar-refractivity contribution in [1.29, 1.82) is 0 Å². The van der Waals surface area contributed by atoms with Gasteiger partial charge in [-0.3, -0.25) is 14.9 Å². The Bertz CT molecular complexity index is 581. The highest BCUT2D eigenvalue weighted by atomic mass is 16.6. The largest absolute Gasteiger partial charge is 0.489 e. The number of nitro groups is 1. The standard InChI is InChI=1S/C15H19NO4/c1-5-15(4)13(17)8-14(15)20-12-7-9(2)11(16(18)19)6-10(12)3/h6-7,14H,5,8H2,1-4H3. The quantitative estimate of drug-likeness (QED) is 0.625. The fourth-order valence-electron chi connectivity index (χ4n) is 2.52. The summed E-state index contributed by atoms with van der Waals surface area (Å²) < 4.78 is 5.93. The monoisotopic (exact) mass is 277 g/mol. The summed E-state index contributed by atoms with van der Waals surface area (Å²) in [5.74, 6) is 0.853. The predicted molar refractivity (Wildman–Crippen MR) is 75.0 cm³/mol. The van der Waals surface area contributed by atoms with E-state index in [0.717, 1.165) is 12.0 Å². The maximum absolute atomic E-state index is 11.7. The van der Waals surface area contributed by atoms with Crippen LogP contribution >= 0.6 is 0 Å². The third-order valence-electron chi connectivity index (χ3n) is 4.41. The van der Waals surface area contributed by atoms with Gasteiger partial charge in [-0.1, -0.05) is 6.92 Å². The molecule has 2 rings (SSSR count). The minimum absolute atomic E-state index is 0.0952. The number of rotatable bonds is 4. The highest BCUT2D eigenvalue weighted by Gasteiger charge is 2.51. The average molecular weight is 277 g/mol. The average Bonchev–Trinajstić information content (AvgIpc) is 2.40. The molecule has 2 atom stereocenters. The molecule has 0 spiro atoms. The van der Waals surface area contributed by atoms with Crippen LogP contribution in [0, 0.1) is 29.4 Å². The van der Waals surface area contributed by atoms with Gasteiger partial charge in [0, 0.05) is 18.1 Å². The molecule has 0 saturated heterocycles. The molecule has 0 amide bonds. The molecule has 20 heavy (non-hydrogen) atoms. The first-order valence-corrected chi connectivity index (χ1v) is 6.75. The number of aryl methyl sites for hydroxylation is 2. The second-order valence-corrected chi connectivity index (χ2v) is 5.67. The summed E-state index contributed by atoms with van der Waals surface area (Å²) in [6.07, 6.45) is 1.01. The van der Waals surface area contributed by atoms with Crippen molar-refractivity contribution in [3.63, 3.8) is 0 Å². The predicted octanol–water partition coefficient (Wildman–Crippen LogP) is 3.35. The molecule has 1 fully saturated rings. The van der Waals surface area contributed by atoms with E-state index in [2.05, 4.69) is 0 Å². The van der Waals surface area contributed by atoms with Crippen molar-refractivity contribution in [1.82, 2.24) is 0 Å². The summed E-state index contributed by atoms with van der Waals surface area (Å²) in [6.45, 7) is 7.36. The second kappa shape index (κ2) is 4.89. The van der Waals surface area contributed by atoms with Crippen molar-refractivity contribution >= 4 is 11.5 Å². The summed E-state index contributed by atoms with van der Waals surface area (Å²) >= 11 is 0. The number of hydrogen-bond donors (Lipinski definition) is 0. The number of nitro benzene ring substituents is 1. The third-order valence-corrected chi connectivity index (χ3v) is 4.41. The van der Waals surface area contributed by atoms with E-state index in [4.69, 9.17) is 4.74 Å². The molecule has 0 radical (unpaired) electrons. The van der Waals surface area contributed by atoms with Crippen LogP contribution in [-0.4, -0.2) is 16.8 Å². The lowest BCUT2D eigenvalue weighted by Gasteiger charge is -2.44. The Labute approximate surface area is 118 Å². The number of Topliss-reactive ketones (excluding diaryl/α,β-unsaturated/α-hetero) is 1. The van der Waals surface area contributed by atoms with Gasteiger partial charge in [-0.2, -0.15) is 0 Å². The molecule has 1 saturated carbocycles. The van der Waals surface area contributed by atoms with E-state index < -0.39 is 10.3 Å². The van der Waals surface area contributed by atoms with Crippen LogP contribution in [0.25, 0.3) is 0 Å². The number of nitrogens with zero attached hydrogens (tertiary/aromatic N) is 1. The molecule has 1 aromatic carbocycles. The van der Waals surface area contributed by atoms with Crippen LogP contribution in [0.1, 0.15) is 37.8 Å². The zero-order chi connectivity index (χ0) is 15.1. The molecule has 108 valence electrons. The SMILES string of the molecule is CCC1(C)C(=O)CC1Oc1cc(C)c([N+](=O)[O-])cc1C. The number of ketones is 1. The van der Waals surface area contributed by atoms with Gasteiger partial charge < -0.3 is 4.74 Å². The first-order chi connectivity index (χ1) is 9.29. The fourth-order valence-corrected chi connectivity index (χ4v) is 2.52. The Morgan fingerprint density at radius 1 is 1.40 bits per heavy atom. The molecule has 5 nitrogen and oxygen atoms in total. The van der Waals surface area contributed by atoms with Crippen molar-refractivity contribution < 1.29 is 14.5 Å². The van der Waals surface area contributed by atoms with E-state index in [1.54, 1.807) is 19.9 Å². The van der Waals surface area contributed by atoms with Crippen molar-refractivity contribution in [3.8, 4) is 5.75 Å². The summed E-state index contributed by atoms with van der Waals surface area (Å²) in [5.41, 5.74) is 0.958. The van der Waals surface area contributed by atoms with Gasteiger partial charge in [0.25, 0.3) is 5.69 Å². The lowest BCUT2D eigenvalue weighted by molar-refractivity contribution is -0.385. The Morgan fingerprint density at radius 3 is 2.55 bits per heavy atom. The first kappa shape index (κ1) is 14.5. The van der Waals surface area contributed by atoms with Gasteiger partial charge in [0.2, 0.25) is 0 Å². The number of ether oxygens (including phenoxy) is 1. The maximum atomic E-state index is 11.7. The number of carbonyl (C=O) groups is 1. The van der Waals surface area contributed by atoms with Crippen molar-refractivity contribution in [2.24, 2.45) is 5.41 Å². The van der Waals surface area contributed by atoms with Crippen molar-refractivity contribution in [3.05, 3.63) is 33.4 Å². The van der Waals surface area contributed by atoms with Gasteiger partial charge in [-0.05, 0) is 38.8 Å². The van der Waals surface area contributed by atoms with E-state index in [9.17, 15) is 14.9 Å². The van der Waals surface area contributed by atoms with Gasteiger partial charge in [0.15, 0.2) is 0 Å². The highest BCUT2D eigenvalue weighted by molar-refractivity contribution is 5.92. The molecule has 5 heteroatoms. The van der Waals surface area contributed by atoms with Crippen LogP contribution in [0.2, 0.25) is 0 Å². The zero-order valence-corrected chi connectivity index (χ0v) is 12.2. The Hall–Kier alpha value is -1.91. The zero-order valence-electron chi connectivity index (χ0n) is 12.2. The van der Waals surface area contributed by atoms with Crippen LogP contribution in [0.4, 0.5) is 5.69 Å². The molecule has 1 aliphatic rings. The molecule has 0 bridgehead atoms. The van der Waals surface area contributed by atoms with Gasteiger partial charge in [0.1, 0.15) is 17.6 Å². The van der Waals surface area contributed by atoms with E-state index in [1.807, 2.05) is 13.8 Å². The van der Waals surface area contributed by atoms with Crippen LogP contribution in [-0.2, 0) is 4.79 Å². The summed E-state index contributed by atoms with van der Waals surface area (Å²) in [7, 11) is 0. The normalized spacial score (nSPS) is 25.2. The van der Waals surface area contributed by atoms with E-state index in [1.165, 1.54) is 6.07 Å². The van der Waals surface area contributed by atoms with Gasteiger partial charge in [-0.25, -0.2) is 0 Å². The van der Waals surface area contributed by atoms with Crippen molar-refractivity contribution in [2.75, 3.05) is 0 Å². The van der Waals surface area contributed by atoms with Crippen LogP contribution in [0.15, 0.2) is 12.1 Å². The van der Waals surface area contributed by atoms with Gasteiger partial charge in [0.05, 0.1) is 10.3 Å². The van der Waals surface area contributed by atoms with Crippen LogP contribution < -0.4 is 4.74 Å². The molecule has 0 heterocycles. The Balaban J connectivity index is 2.25. The van der Waals surface area contributed by atoms with Gasteiger partial charge >= 0.3 is 0 Å².